The van der Waals surface area contributed by atoms with E-state index < -0.39 is 11.7 Å². The van der Waals surface area contributed by atoms with Crippen molar-refractivity contribution in [3.05, 3.63) is 66.1 Å². The Labute approximate surface area is 176 Å². The molecule has 2 aliphatic rings. The Morgan fingerprint density at radius 1 is 1.10 bits per heavy atom. The Morgan fingerprint density at radius 3 is 2.68 bits per heavy atom. The standard InChI is InChI=1S/C21H19F3N6O/c22-21(23,24)15-6-8-25-19(10-15)28-12-14-7-9-29(18(14)13-28)20(31)17-11-26-30(27-17)16-4-2-1-3-5-16/h1-6,8,10-11,14,18H,7,9,12-13H2. The summed E-state index contributed by atoms with van der Waals surface area (Å²) in [6, 6.07) is 11.2. The van der Waals surface area contributed by atoms with Crippen molar-refractivity contribution in [1.82, 2.24) is 24.9 Å². The molecule has 2 fully saturated rings. The molecule has 2 saturated heterocycles. The third-order valence-electron chi connectivity index (χ3n) is 5.90. The molecule has 0 bridgehead atoms. The van der Waals surface area contributed by atoms with Gasteiger partial charge in [0.05, 0.1) is 23.5 Å². The second kappa shape index (κ2) is 7.36. The van der Waals surface area contributed by atoms with Gasteiger partial charge in [-0.05, 0) is 30.7 Å². The zero-order chi connectivity index (χ0) is 21.6. The van der Waals surface area contributed by atoms with E-state index in [0.717, 1.165) is 24.2 Å². The molecule has 0 N–H and O–H groups in total. The number of halogens is 3. The minimum atomic E-state index is -4.42. The minimum absolute atomic E-state index is 0.0919. The van der Waals surface area contributed by atoms with Crippen LogP contribution in [0.25, 0.3) is 5.69 Å². The summed E-state index contributed by atoms with van der Waals surface area (Å²) in [6.45, 7) is 1.60. The zero-order valence-corrected chi connectivity index (χ0v) is 16.4. The summed E-state index contributed by atoms with van der Waals surface area (Å²) >= 11 is 0. The molecule has 2 aliphatic heterocycles. The van der Waals surface area contributed by atoms with Crippen molar-refractivity contribution < 1.29 is 18.0 Å². The van der Waals surface area contributed by atoms with Gasteiger partial charge in [0.1, 0.15) is 5.82 Å². The van der Waals surface area contributed by atoms with Crippen molar-refractivity contribution in [3.8, 4) is 5.69 Å². The predicted octanol–water partition coefficient (Wildman–Crippen LogP) is 3.03. The molecule has 7 nitrogen and oxygen atoms in total. The average Bonchev–Trinajstić information content (AvgIpc) is 3.49. The lowest BCUT2D eigenvalue weighted by atomic mass is 10.1. The van der Waals surface area contributed by atoms with E-state index in [4.69, 9.17) is 0 Å². The number of nitrogens with zero attached hydrogens (tertiary/aromatic N) is 6. The second-order valence-corrected chi connectivity index (χ2v) is 7.77. The maximum absolute atomic E-state index is 13.1. The molecule has 1 aromatic carbocycles. The lowest BCUT2D eigenvalue weighted by Crippen LogP contribution is -2.40. The van der Waals surface area contributed by atoms with Crippen LogP contribution < -0.4 is 4.90 Å². The Kier molecular flexibility index (Phi) is 4.64. The third-order valence-corrected chi connectivity index (χ3v) is 5.90. The van der Waals surface area contributed by atoms with Gasteiger partial charge >= 0.3 is 6.18 Å². The number of hydrogen-bond donors (Lipinski definition) is 0. The molecule has 10 heteroatoms. The number of carbonyl (C=O) groups is 1. The highest BCUT2D eigenvalue weighted by molar-refractivity contribution is 5.92. The van der Waals surface area contributed by atoms with Crippen molar-refractivity contribution in [2.24, 2.45) is 5.92 Å². The van der Waals surface area contributed by atoms with Crippen LogP contribution in [0.1, 0.15) is 22.5 Å². The number of anilines is 1. The van der Waals surface area contributed by atoms with Gasteiger partial charge in [-0.15, -0.1) is 5.10 Å². The van der Waals surface area contributed by atoms with E-state index in [1.165, 1.54) is 17.2 Å². The van der Waals surface area contributed by atoms with Gasteiger partial charge in [-0.3, -0.25) is 4.79 Å². The van der Waals surface area contributed by atoms with Crippen LogP contribution >= 0.6 is 0 Å². The van der Waals surface area contributed by atoms with E-state index in [1.54, 1.807) is 4.90 Å². The molecule has 160 valence electrons. The zero-order valence-electron chi connectivity index (χ0n) is 16.4. The van der Waals surface area contributed by atoms with Gasteiger partial charge in [-0.25, -0.2) is 4.98 Å². The molecule has 2 aromatic heterocycles. The molecule has 5 rings (SSSR count). The predicted molar refractivity (Wildman–Crippen MR) is 106 cm³/mol. The molecule has 31 heavy (non-hydrogen) atoms. The summed E-state index contributed by atoms with van der Waals surface area (Å²) in [7, 11) is 0. The molecular formula is C21H19F3N6O. The second-order valence-electron chi connectivity index (χ2n) is 7.77. The monoisotopic (exact) mass is 428 g/mol. The Balaban J connectivity index is 1.32. The van der Waals surface area contributed by atoms with Gasteiger partial charge in [-0.2, -0.15) is 23.1 Å². The fourth-order valence-corrected chi connectivity index (χ4v) is 4.36. The van der Waals surface area contributed by atoms with Crippen LogP contribution in [0.2, 0.25) is 0 Å². The summed E-state index contributed by atoms with van der Waals surface area (Å²) in [5, 5.41) is 8.51. The summed E-state index contributed by atoms with van der Waals surface area (Å²) in [4.78, 5) is 22.2. The molecule has 2 atom stereocenters. The van der Waals surface area contributed by atoms with Gasteiger partial charge in [0.2, 0.25) is 0 Å². The van der Waals surface area contributed by atoms with E-state index in [-0.39, 0.29) is 29.4 Å². The van der Waals surface area contributed by atoms with Gasteiger partial charge in [0.25, 0.3) is 5.91 Å². The maximum atomic E-state index is 13.1. The average molecular weight is 428 g/mol. The van der Waals surface area contributed by atoms with Crippen LogP contribution in [0.4, 0.5) is 19.0 Å². The van der Waals surface area contributed by atoms with Crippen LogP contribution in [-0.2, 0) is 6.18 Å². The summed E-state index contributed by atoms with van der Waals surface area (Å²) in [6.07, 6.45) is -1.00. The highest BCUT2D eigenvalue weighted by Crippen LogP contribution is 2.36. The molecule has 0 aliphatic carbocycles. The van der Waals surface area contributed by atoms with E-state index in [2.05, 4.69) is 15.2 Å². The quantitative estimate of drug-likeness (QED) is 0.642. The van der Waals surface area contributed by atoms with E-state index in [0.29, 0.717) is 19.6 Å². The number of rotatable bonds is 3. The van der Waals surface area contributed by atoms with Crippen molar-refractivity contribution in [2.45, 2.75) is 18.6 Å². The van der Waals surface area contributed by atoms with Crippen LogP contribution in [-0.4, -0.2) is 56.5 Å². The normalized spacial score (nSPS) is 20.9. The Hall–Kier alpha value is -3.43. The highest BCUT2D eigenvalue weighted by Gasteiger charge is 2.44. The number of likely N-dealkylation sites (tertiary alicyclic amines) is 1. The molecule has 2 unspecified atom stereocenters. The molecule has 0 radical (unpaired) electrons. The Morgan fingerprint density at radius 2 is 1.90 bits per heavy atom. The minimum Gasteiger partial charge on any atom is -0.354 e. The van der Waals surface area contributed by atoms with Gasteiger partial charge in [0, 0.05) is 31.7 Å². The smallest absolute Gasteiger partial charge is 0.354 e. The van der Waals surface area contributed by atoms with Crippen LogP contribution in [0, 0.1) is 5.92 Å². The number of amides is 1. The van der Waals surface area contributed by atoms with Crippen molar-refractivity contribution >= 4 is 11.7 Å². The number of fused-ring (bicyclic) bond motifs is 1. The summed E-state index contributed by atoms with van der Waals surface area (Å²) in [5.41, 5.74) is 0.281. The van der Waals surface area contributed by atoms with E-state index in [1.807, 2.05) is 35.2 Å². The first kappa shape index (κ1) is 19.5. The number of para-hydroxylation sites is 1. The molecule has 0 spiro atoms. The van der Waals surface area contributed by atoms with Gasteiger partial charge in [0.15, 0.2) is 5.69 Å². The van der Waals surface area contributed by atoms with E-state index >= 15 is 0 Å². The summed E-state index contributed by atoms with van der Waals surface area (Å²) in [5.74, 6) is 0.254. The number of alkyl halides is 3. The number of pyridine rings is 1. The first-order chi connectivity index (χ1) is 14.9. The highest BCUT2D eigenvalue weighted by atomic mass is 19.4. The first-order valence-electron chi connectivity index (χ1n) is 9.97. The molecule has 1 amide bonds. The fourth-order valence-electron chi connectivity index (χ4n) is 4.36. The number of aromatic nitrogens is 4. The Bertz CT molecular complexity index is 1100. The molecular weight excluding hydrogens is 409 g/mol. The van der Waals surface area contributed by atoms with Crippen molar-refractivity contribution in [3.63, 3.8) is 0 Å². The fraction of sp³-hybridized carbons (Fsp3) is 0.333. The van der Waals surface area contributed by atoms with Gasteiger partial charge in [-0.1, -0.05) is 18.2 Å². The van der Waals surface area contributed by atoms with Gasteiger partial charge < -0.3 is 9.80 Å². The number of carbonyl (C=O) groups excluding carboxylic acids is 1. The van der Waals surface area contributed by atoms with Crippen molar-refractivity contribution in [2.75, 3.05) is 24.5 Å². The van der Waals surface area contributed by atoms with E-state index in [9.17, 15) is 18.0 Å². The lowest BCUT2D eigenvalue weighted by molar-refractivity contribution is -0.137. The lowest BCUT2D eigenvalue weighted by Gasteiger charge is -2.24. The largest absolute Gasteiger partial charge is 0.416 e. The first-order valence-corrected chi connectivity index (χ1v) is 9.97. The van der Waals surface area contributed by atoms with Crippen LogP contribution in [0.5, 0.6) is 0 Å². The molecule has 0 saturated carbocycles. The maximum Gasteiger partial charge on any atom is 0.416 e. The SMILES string of the molecule is O=C(c1cnn(-c2ccccc2)n1)N1CCC2CN(c3cc(C(F)(F)F)ccn3)CC21. The number of hydrogen-bond acceptors (Lipinski definition) is 5. The number of benzene rings is 1. The summed E-state index contributed by atoms with van der Waals surface area (Å²) < 4.78 is 39.2. The third kappa shape index (κ3) is 3.62. The topological polar surface area (TPSA) is 67.2 Å². The van der Waals surface area contributed by atoms with Crippen LogP contribution in [0.15, 0.2) is 54.9 Å². The molecule has 3 aromatic rings. The van der Waals surface area contributed by atoms with Crippen LogP contribution in [0.3, 0.4) is 0 Å². The molecule has 4 heterocycles. The van der Waals surface area contributed by atoms with Crippen molar-refractivity contribution in [1.29, 1.82) is 0 Å².